The van der Waals surface area contributed by atoms with Crippen LogP contribution in [0.4, 0.5) is 11.4 Å². The van der Waals surface area contributed by atoms with Crippen molar-refractivity contribution in [1.82, 2.24) is 13.5 Å². The molecule has 0 radical (unpaired) electrons. The Labute approximate surface area is 370 Å². The Hall–Kier alpha value is -7.56. The number of nitrogens with zero attached hydrogens (tertiary/aromatic N) is 4. The van der Waals surface area contributed by atoms with Gasteiger partial charge in [0.15, 0.2) is 0 Å². The van der Waals surface area contributed by atoms with Gasteiger partial charge in [0.1, 0.15) is 0 Å². The van der Waals surface area contributed by atoms with Gasteiger partial charge in [0.25, 0.3) is 0 Å². The van der Waals surface area contributed by atoms with Crippen molar-refractivity contribution in [3.8, 4) is 22.3 Å². The lowest BCUT2D eigenvalue weighted by Crippen LogP contribution is -2.26. The molecular weight excluding hydrogens is 777 g/mol. The van der Waals surface area contributed by atoms with Crippen LogP contribution in [-0.2, 0) is 0 Å². The molecule has 2 unspecified atom stereocenters. The van der Waals surface area contributed by atoms with Gasteiger partial charge < -0.3 is 18.4 Å². The molecule has 2 aliphatic heterocycles. The van der Waals surface area contributed by atoms with E-state index in [1.165, 1.54) is 132 Å². The van der Waals surface area contributed by atoms with Crippen molar-refractivity contribution in [3.63, 3.8) is 0 Å². The summed E-state index contributed by atoms with van der Waals surface area (Å²) in [5, 5.41) is 10.6. The van der Waals surface area contributed by atoms with Crippen molar-refractivity contribution in [2.24, 2.45) is 0 Å². The van der Waals surface area contributed by atoms with Crippen molar-refractivity contribution in [2.75, 3.05) is 4.90 Å². The van der Waals surface area contributed by atoms with E-state index in [2.05, 4.69) is 216 Å². The van der Waals surface area contributed by atoms with Crippen LogP contribution in [0, 0.1) is 0 Å². The zero-order chi connectivity index (χ0) is 42.3. The highest BCUT2D eigenvalue weighted by atomic mass is 15.2. The monoisotopic (exact) mass is 820 g/mol. The molecule has 0 fully saturated rings. The van der Waals surface area contributed by atoms with Crippen molar-refractivity contribution in [1.29, 1.82) is 0 Å². The molecule has 0 saturated heterocycles. The summed E-state index contributed by atoms with van der Waals surface area (Å²) in [6.07, 6.45) is 7.31. The Morgan fingerprint density at radius 2 is 1.02 bits per heavy atom. The third-order valence-electron chi connectivity index (χ3n) is 15.3. The quantitative estimate of drug-likeness (QED) is 0.173. The molecular formula is C60H44N4. The third-order valence-corrected chi connectivity index (χ3v) is 15.3. The number of hydrogen-bond acceptors (Lipinski definition) is 1. The Morgan fingerprint density at radius 1 is 0.438 bits per heavy atom. The van der Waals surface area contributed by atoms with Crippen LogP contribution in [0.5, 0.6) is 0 Å². The number of benzene rings is 8. The highest BCUT2D eigenvalue weighted by Crippen LogP contribution is 2.66. The van der Waals surface area contributed by atoms with E-state index in [-0.39, 0.29) is 18.0 Å². The summed E-state index contributed by atoms with van der Waals surface area (Å²) < 4.78 is 7.87. The maximum Gasteiger partial charge on any atom is 0.0703 e. The molecule has 0 spiro atoms. The molecule has 3 aliphatic rings. The van der Waals surface area contributed by atoms with E-state index in [1.807, 2.05) is 0 Å². The molecule has 1 aliphatic carbocycles. The largest absolute Gasteiger partial charge is 0.337 e. The fourth-order valence-corrected chi connectivity index (χ4v) is 13.2. The van der Waals surface area contributed by atoms with E-state index >= 15 is 0 Å². The SMILES string of the molecule is CC(C)n1c2ccccc2c2ccc3c(c21)C1=CC=CC2c4c(c(-c5ccccc5)c5c6cccc7c8c9c(ccc8n(c5c4-c4ccccc4)c67)c4ccccc4n9C(C)C)N3C12. The second-order valence-corrected chi connectivity index (χ2v) is 19.0. The maximum atomic E-state index is 2.78. The van der Waals surface area contributed by atoms with Crippen LogP contribution >= 0.6 is 0 Å². The maximum absolute atomic E-state index is 2.78. The first-order valence-corrected chi connectivity index (χ1v) is 23.1. The summed E-state index contributed by atoms with van der Waals surface area (Å²) in [6, 6.07) is 58.1. The minimum atomic E-state index is 0.129. The molecule has 8 aromatic carbocycles. The number of allylic oxidation sites excluding steroid dienone is 2. The van der Waals surface area contributed by atoms with Crippen LogP contribution in [0.15, 0.2) is 170 Å². The summed E-state index contributed by atoms with van der Waals surface area (Å²) in [4.78, 5) is 2.78. The van der Waals surface area contributed by atoms with Gasteiger partial charge in [0.05, 0.1) is 45.0 Å². The molecule has 6 heterocycles. The van der Waals surface area contributed by atoms with Gasteiger partial charge in [0.2, 0.25) is 0 Å². The predicted molar refractivity (Wildman–Crippen MR) is 271 cm³/mol. The van der Waals surface area contributed by atoms with E-state index in [0.717, 1.165) is 0 Å². The molecule has 0 amide bonds. The first kappa shape index (κ1) is 35.0. The minimum absolute atomic E-state index is 0.129. The molecule has 15 rings (SSSR count). The lowest BCUT2D eigenvalue weighted by atomic mass is 9.79. The Balaban J connectivity index is 1.17. The summed E-state index contributed by atoms with van der Waals surface area (Å²) in [5.74, 6) is 0.133. The molecule has 4 nitrogen and oxygen atoms in total. The number of hydrogen-bond donors (Lipinski definition) is 0. The smallest absolute Gasteiger partial charge is 0.0703 e. The minimum Gasteiger partial charge on any atom is -0.337 e. The van der Waals surface area contributed by atoms with Crippen molar-refractivity contribution >= 4 is 98.7 Å². The molecule has 4 aromatic heterocycles. The highest BCUT2D eigenvalue weighted by Gasteiger charge is 2.51. The van der Waals surface area contributed by atoms with E-state index < -0.39 is 0 Å². The van der Waals surface area contributed by atoms with Gasteiger partial charge >= 0.3 is 0 Å². The third kappa shape index (κ3) is 4.03. The molecule has 4 heteroatoms. The van der Waals surface area contributed by atoms with Crippen molar-refractivity contribution in [2.45, 2.75) is 51.7 Å². The second kappa shape index (κ2) is 12.1. The zero-order valence-corrected chi connectivity index (χ0v) is 36.3. The zero-order valence-electron chi connectivity index (χ0n) is 36.3. The molecule has 304 valence electrons. The Kier molecular flexibility index (Phi) is 6.62. The lowest BCUT2D eigenvalue weighted by Gasteiger charge is -2.26. The second-order valence-electron chi connectivity index (χ2n) is 19.0. The molecule has 0 N–H and O–H groups in total. The van der Waals surface area contributed by atoms with Crippen LogP contribution in [-0.4, -0.2) is 19.6 Å². The number of rotatable bonds is 4. The predicted octanol–water partition coefficient (Wildman–Crippen LogP) is 16.1. The van der Waals surface area contributed by atoms with Crippen molar-refractivity contribution in [3.05, 3.63) is 181 Å². The lowest BCUT2D eigenvalue weighted by molar-refractivity contribution is 0.642. The van der Waals surface area contributed by atoms with Crippen LogP contribution in [0.25, 0.3) is 110 Å². The van der Waals surface area contributed by atoms with Gasteiger partial charge in [-0.15, -0.1) is 0 Å². The van der Waals surface area contributed by atoms with Gasteiger partial charge in [-0.2, -0.15) is 0 Å². The number of aromatic nitrogens is 3. The normalized spacial score (nSPS) is 16.7. The van der Waals surface area contributed by atoms with Crippen LogP contribution in [0.2, 0.25) is 0 Å². The summed E-state index contributed by atoms with van der Waals surface area (Å²) in [5.41, 5.74) is 21.2. The van der Waals surface area contributed by atoms with Crippen LogP contribution in [0.1, 0.15) is 56.8 Å². The Morgan fingerprint density at radius 3 is 1.70 bits per heavy atom. The topological polar surface area (TPSA) is 17.5 Å². The number of fused-ring (bicyclic) bond motifs is 20. The standard InChI is InChI=1S/C60H44N4/c1-33(2)61-45-27-13-11-21-37(45)39-29-31-47-51(57(39)61)41-23-15-25-43-53-50(36-19-9-6-10-20-36)60-54(49(35-17-7-5-8-18-35)59(53)63(47)55(41)43)44-26-16-24-42-52-48(64(60)56(42)44)32-30-40-38-22-12-14-28-46(38)62(34(3)4)58(40)52/h5-34,43,55H,1-4H3. The summed E-state index contributed by atoms with van der Waals surface area (Å²) in [7, 11) is 0. The van der Waals surface area contributed by atoms with Gasteiger partial charge in [-0.1, -0.05) is 146 Å². The summed E-state index contributed by atoms with van der Waals surface area (Å²) >= 11 is 0. The van der Waals surface area contributed by atoms with Gasteiger partial charge in [-0.05, 0) is 74.2 Å². The van der Waals surface area contributed by atoms with Gasteiger partial charge in [0, 0.05) is 88.8 Å². The number of anilines is 2. The molecule has 64 heavy (non-hydrogen) atoms. The molecule has 0 bridgehead atoms. The fourth-order valence-electron chi connectivity index (χ4n) is 13.2. The first-order valence-electron chi connectivity index (χ1n) is 23.1. The summed E-state index contributed by atoms with van der Waals surface area (Å²) in [6.45, 7) is 9.34. The molecule has 12 aromatic rings. The average Bonchev–Trinajstić information content (AvgIpc) is 4.16. The van der Waals surface area contributed by atoms with Gasteiger partial charge in [-0.25, -0.2) is 0 Å². The van der Waals surface area contributed by atoms with E-state index in [0.29, 0.717) is 6.04 Å². The highest BCUT2D eigenvalue weighted by molar-refractivity contribution is 6.34. The van der Waals surface area contributed by atoms with E-state index in [1.54, 1.807) is 0 Å². The van der Waals surface area contributed by atoms with Crippen LogP contribution in [0.3, 0.4) is 0 Å². The first-order chi connectivity index (χ1) is 31.5. The van der Waals surface area contributed by atoms with E-state index in [9.17, 15) is 0 Å². The van der Waals surface area contributed by atoms with Gasteiger partial charge in [-0.3, -0.25) is 0 Å². The van der Waals surface area contributed by atoms with E-state index in [4.69, 9.17) is 0 Å². The molecule has 0 saturated carbocycles. The Bertz CT molecular complexity index is 4080. The van der Waals surface area contributed by atoms with Crippen LogP contribution < -0.4 is 4.90 Å². The van der Waals surface area contributed by atoms with Crippen molar-refractivity contribution < 1.29 is 0 Å². The fraction of sp³-hybridized carbons (Fsp3) is 0.133. The number of para-hydroxylation sites is 3. The molecule has 2 atom stereocenters. The average molecular weight is 821 g/mol.